The fraction of sp³-hybridized carbons (Fsp3) is 0.200. The number of benzene rings is 2. The molecule has 0 heterocycles. The first-order valence-electron chi connectivity index (χ1n) is 5.94. The second-order valence-corrected chi connectivity index (χ2v) is 5.14. The molecule has 1 atom stereocenters. The molecule has 2 rings (SSSR count). The first-order chi connectivity index (χ1) is 9.11. The molecule has 100 valence electrons. The largest absolute Gasteiger partial charge is 0.496 e. The molecule has 4 heteroatoms. The maximum absolute atomic E-state index is 13.1. The van der Waals surface area contributed by atoms with E-state index in [1.165, 1.54) is 12.1 Å². The highest BCUT2D eigenvalue weighted by Gasteiger charge is 2.13. The Morgan fingerprint density at radius 2 is 2.00 bits per heavy atom. The van der Waals surface area contributed by atoms with Gasteiger partial charge in [-0.25, -0.2) is 4.39 Å². The van der Waals surface area contributed by atoms with E-state index in [-0.39, 0.29) is 11.9 Å². The third-order valence-electron chi connectivity index (χ3n) is 2.99. The van der Waals surface area contributed by atoms with Crippen molar-refractivity contribution in [2.45, 2.75) is 12.5 Å². The monoisotopic (exact) mass is 323 g/mol. The summed E-state index contributed by atoms with van der Waals surface area (Å²) in [5.41, 5.74) is 8.11. The van der Waals surface area contributed by atoms with Gasteiger partial charge in [0, 0.05) is 10.5 Å². The third-order valence-corrected chi connectivity index (χ3v) is 3.68. The van der Waals surface area contributed by atoms with Crippen molar-refractivity contribution in [3.05, 3.63) is 63.9 Å². The Balaban J connectivity index is 2.23. The lowest BCUT2D eigenvalue weighted by Gasteiger charge is -2.16. The summed E-state index contributed by atoms with van der Waals surface area (Å²) < 4.78 is 19.1. The molecule has 0 saturated carbocycles. The number of halogens is 2. The first kappa shape index (κ1) is 14.0. The van der Waals surface area contributed by atoms with E-state index in [1.807, 2.05) is 24.3 Å². The highest BCUT2D eigenvalue weighted by molar-refractivity contribution is 9.10. The molecule has 0 aliphatic heterocycles. The molecule has 0 bridgehead atoms. The summed E-state index contributed by atoms with van der Waals surface area (Å²) in [6, 6.07) is 12.1. The number of methoxy groups -OCH3 is 1. The molecule has 0 spiro atoms. The van der Waals surface area contributed by atoms with Crippen molar-refractivity contribution in [3.8, 4) is 5.75 Å². The molecule has 0 fully saturated rings. The van der Waals surface area contributed by atoms with Gasteiger partial charge in [0.15, 0.2) is 0 Å². The Hall–Kier alpha value is -1.39. The van der Waals surface area contributed by atoms with E-state index in [1.54, 1.807) is 13.2 Å². The molecular formula is C15H15BrFNO. The van der Waals surface area contributed by atoms with E-state index < -0.39 is 0 Å². The molecule has 0 radical (unpaired) electrons. The standard InChI is InChI=1S/C15H15BrFNO/c1-19-15-5-3-2-4-10(15)8-14(18)12-7-6-11(17)9-13(12)16/h2-7,9,14H,8,18H2,1H3. The number of hydrogen-bond donors (Lipinski definition) is 1. The van der Waals surface area contributed by atoms with Crippen molar-refractivity contribution < 1.29 is 9.13 Å². The molecule has 0 aliphatic carbocycles. The van der Waals surface area contributed by atoms with E-state index >= 15 is 0 Å². The molecular weight excluding hydrogens is 309 g/mol. The van der Waals surface area contributed by atoms with Crippen LogP contribution in [0.25, 0.3) is 0 Å². The molecule has 1 unspecified atom stereocenters. The Morgan fingerprint density at radius 3 is 2.68 bits per heavy atom. The minimum absolute atomic E-state index is 0.216. The number of para-hydroxylation sites is 1. The zero-order chi connectivity index (χ0) is 13.8. The third kappa shape index (κ3) is 3.33. The lowest BCUT2D eigenvalue weighted by atomic mass is 9.99. The van der Waals surface area contributed by atoms with Crippen LogP contribution in [0, 0.1) is 5.82 Å². The van der Waals surface area contributed by atoms with Gasteiger partial charge in [-0.05, 0) is 35.7 Å². The van der Waals surface area contributed by atoms with Gasteiger partial charge >= 0.3 is 0 Å². The predicted octanol–water partition coefficient (Wildman–Crippen LogP) is 3.84. The van der Waals surface area contributed by atoms with Gasteiger partial charge in [-0.1, -0.05) is 40.2 Å². The second kappa shape index (κ2) is 6.17. The van der Waals surface area contributed by atoms with Gasteiger partial charge in [0.05, 0.1) is 7.11 Å². The van der Waals surface area contributed by atoms with Gasteiger partial charge in [0.2, 0.25) is 0 Å². The second-order valence-electron chi connectivity index (χ2n) is 4.29. The summed E-state index contributed by atoms with van der Waals surface area (Å²) in [6.45, 7) is 0. The van der Waals surface area contributed by atoms with E-state index in [0.717, 1.165) is 16.9 Å². The van der Waals surface area contributed by atoms with Crippen LogP contribution in [-0.2, 0) is 6.42 Å². The molecule has 2 N–H and O–H groups in total. The van der Waals surface area contributed by atoms with Gasteiger partial charge in [-0.2, -0.15) is 0 Å². The minimum atomic E-state index is -0.278. The van der Waals surface area contributed by atoms with Crippen molar-refractivity contribution in [2.75, 3.05) is 7.11 Å². The summed E-state index contributed by atoms with van der Waals surface area (Å²) in [5.74, 6) is 0.538. The van der Waals surface area contributed by atoms with E-state index in [0.29, 0.717) is 10.9 Å². The van der Waals surface area contributed by atoms with Crippen LogP contribution in [0.3, 0.4) is 0 Å². The van der Waals surface area contributed by atoms with Crippen LogP contribution in [0.1, 0.15) is 17.2 Å². The number of hydrogen-bond acceptors (Lipinski definition) is 2. The molecule has 2 aromatic carbocycles. The van der Waals surface area contributed by atoms with Crippen molar-refractivity contribution in [1.82, 2.24) is 0 Å². The SMILES string of the molecule is COc1ccccc1CC(N)c1ccc(F)cc1Br. The Morgan fingerprint density at radius 1 is 1.26 bits per heavy atom. The van der Waals surface area contributed by atoms with E-state index in [2.05, 4.69) is 15.9 Å². The number of rotatable bonds is 4. The van der Waals surface area contributed by atoms with Crippen molar-refractivity contribution in [1.29, 1.82) is 0 Å². The van der Waals surface area contributed by atoms with Crippen LogP contribution in [-0.4, -0.2) is 7.11 Å². The minimum Gasteiger partial charge on any atom is -0.496 e. The molecule has 0 aliphatic rings. The smallest absolute Gasteiger partial charge is 0.124 e. The molecule has 0 saturated heterocycles. The molecule has 0 amide bonds. The van der Waals surface area contributed by atoms with E-state index in [4.69, 9.17) is 10.5 Å². The number of ether oxygens (including phenoxy) is 1. The maximum atomic E-state index is 13.1. The summed E-state index contributed by atoms with van der Waals surface area (Å²) >= 11 is 3.35. The highest BCUT2D eigenvalue weighted by Crippen LogP contribution is 2.28. The maximum Gasteiger partial charge on any atom is 0.124 e. The van der Waals surface area contributed by atoms with Crippen molar-refractivity contribution in [3.63, 3.8) is 0 Å². The van der Waals surface area contributed by atoms with Crippen LogP contribution in [0.4, 0.5) is 4.39 Å². The Kier molecular flexibility index (Phi) is 4.56. The normalized spacial score (nSPS) is 12.2. The topological polar surface area (TPSA) is 35.2 Å². The van der Waals surface area contributed by atoms with Gasteiger partial charge in [0.1, 0.15) is 11.6 Å². The lowest BCUT2D eigenvalue weighted by Crippen LogP contribution is -2.14. The summed E-state index contributed by atoms with van der Waals surface area (Å²) in [5, 5.41) is 0. The van der Waals surface area contributed by atoms with Gasteiger partial charge in [-0.3, -0.25) is 0 Å². The fourth-order valence-corrected chi connectivity index (χ4v) is 2.67. The van der Waals surface area contributed by atoms with Crippen LogP contribution in [0.2, 0.25) is 0 Å². The molecule has 2 nitrogen and oxygen atoms in total. The Bertz CT molecular complexity index is 574. The fourth-order valence-electron chi connectivity index (χ4n) is 2.02. The van der Waals surface area contributed by atoms with Crippen LogP contribution in [0.5, 0.6) is 5.75 Å². The van der Waals surface area contributed by atoms with Crippen LogP contribution >= 0.6 is 15.9 Å². The van der Waals surface area contributed by atoms with Gasteiger partial charge in [-0.15, -0.1) is 0 Å². The zero-order valence-electron chi connectivity index (χ0n) is 10.6. The molecule has 2 aromatic rings. The van der Waals surface area contributed by atoms with Crippen LogP contribution < -0.4 is 10.5 Å². The average Bonchev–Trinajstić information content (AvgIpc) is 2.39. The first-order valence-corrected chi connectivity index (χ1v) is 6.73. The zero-order valence-corrected chi connectivity index (χ0v) is 12.2. The number of nitrogens with two attached hydrogens (primary N) is 1. The van der Waals surface area contributed by atoms with Crippen molar-refractivity contribution in [2.24, 2.45) is 5.73 Å². The van der Waals surface area contributed by atoms with Crippen molar-refractivity contribution >= 4 is 15.9 Å². The molecule has 0 aromatic heterocycles. The highest BCUT2D eigenvalue weighted by atomic mass is 79.9. The van der Waals surface area contributed by atoms with Gasteiger partial charge < -0.3 is 10.5 Å². The average molecular weight is 324 g/mol. The summed E-state index contributed by atoms with van der Waals surface area (Å²) in [7, 11) is 1.64. The predicted molar refractivity (Wildman–Crippen MR) is 77.7 cm³/mol. The van der Waals surface area contributed by atoms with E-state index in [9.17, 15) is 4.39 Å². The Labute approximate surface area is 120 Å². The van der Waals surface area contributed by atoms with Crippen LogP contribution in [0.15, 0.2) is 46.9 Å². The summed E-state index contributed by atoms with van der Waals surface area (Å²) in [6.07, 6.45) is 0.633. The molecule has 19 heavy (non-hydrogen) atoms. The van der Waals surface area contributed by atoms with Gasteiger partial charge in [0.25, 0.3) is 0 Å². The summed E-state index contributed by atoms with van der Waals surface area (Å²) in [4.78, 5) is 0. The lowest BCUT2D eigenvalue weighted by molar-refractivity contribution is 0.408. The quantitative estimate of drug-likeness (QED) is 0.927.